The summed E-state index contributed by atoms with van der Waals surface area (Å²) in [4.78, 5) is 4.44. The predicted molar refractivity (Wildman–Crippen MR) is 71.9 cm³/mol. The fourth-order valence-electron chi connectivity index (χ4n) is 2.07. The standard InChI is InChI=1S/C13H17ClN2O2/c1-9(17)13-15-11-6-3-5-10(14)12(11)16(13)7-4-8-18-2/h3,5-6,9,17H,4,7-8H2,1-2H3/t9-/m0/s1. The average molecular weight is 269 g/mol. The molecule has 1 atom stereocenters. The van der Waals surface area contributed by atoms with E-state index in [4.69, 9.17) is 16.3 Å². The highest BCUT2D eigenvalue weighted by Crippen LogP contribution is 2.27. The smallest absolute Gasteiger partial charge is 0.138 e. The predicted octanol–water partition coefficient (Wildman–Crippen LogP) is 2.78. The number of fused-ring (bicyclic) bond motifs is 1. The topological polar surface area (TPSA) is 47.3 Å². The molecule has 1 aromatic carbocycles. The number of methoxy groups -OCH3 is 1. The van der Waals surface area contributed by atoms with E-state index >= 15 is 0 Å². The third-order valence-corrected chi connectivity index (χ3v) is 3.16. The molecular formula is C13H17ClN2O2. The van der Waals surface area contributed by atoms with Gasteiger partial charge in [0.15, 0.2) is 0 Å². The Morgan fingerprint density at radius 1 is 1.50 bits per heavy atom. The summed E-state index contributed by atoms with van der Waals surface area (Å²) in [6.07, 6.45) is 0.239. The van der Waals surface area contributed by atoms with E-state index < -0.39 is 6.10 Å². The number of aromatic nitrogens is 2. The fraction of sp³-hybridized carbons (Fsp3) is 0.462. The van der Waals surface area contributed by atoms with E-state index in [1.165, 1.54) is 0 Å². The second-order valence-electron chi connectivity index (χ2n) is 4.25. The number of halogens is 1. The van der Waals surface area contributed by atoms with Gasteiger partial charge < -0.3 is 14.4 Å². The van der Waals surface area contributed by atoms with Crippen LogP contribution >= 0.6 is 11.6 Å². The van der Waals surface area contributed by atoms with Crippen molar-refractivity contribution in [2.24, 2.45) is 0 Å². The van der Waals surface area contributed by atoms with Crippen LogP contribution in [-0.4, -0.2) is 28.4 Å². The van der Waals surface area contributed by atoms with E-state index in [1.807, 2.05) is 22.8 Å². The van der Waals surface area contributed by atoms with Gasteiger partial charge in [-0.15, -0.1) is 0 Å². The van der Waals surface area contributed by atoms with Gasteiger partial charge in [-0.05, 0) is 25.5 Å². The van der Waals surface area contributed by atoms with Gasteiger partial charge in [0.25, 0.3) is 0 Å². The van der Waals surface area contributed by atoms with Crippen molar-refractivity contribution in [3.8, 4) is 0 Å². The van der Waals surface area contributed by atoms with E-state index in [-0.39, 0.29) is 0 Å². The Morgan fingerprint density at radius 2 is 2.28 bits per heavy atom. The third-order valence-electron chi connectivity index (χ3n) is 2.85. The molecule has 0 aliphatic rings. The number of aliphatic hydroxyl groups excluding tert-OH is 1. The SMILES string of the molecule is COCCCn1c([C@H](C)O)nc2cccc(Cl)c21. The fourth-order valence-corrected chi connectivity index (χ4v) is 2.34. The van der Waals surface area contributed by atoms with Crippen LogP contribution in [0.15, 0.2) is 18.2 Å². The number of hydrogen-bond donors (Lipinski definition) is 1. The number of ether oxygens (including phenoxy) is 1. The minimum Gasteiger partial charge on any atom is -0.385 e. The first-order chi connectivity index (χ1) is 8.65. The van der Waals surface area contributed by atoms with Crippen LogP contribution in [0.1, 0.15) is 25.3 Å². The Morgan fingerprint density at radius 3 is 2.94 bits per heavy atom. The Balaban J connectivity index is 2.47. The van der Waals surface area contributed by atoms with Gasteiger partial charge in [0, 0.05) is 20.3 Å². The van der Waals surface area contributed by atoms with E-state index in [0.717, 1.165) is 24.0 Å². The van der Waals surface area contributed by atoms with Gasteiger partial charge in [0.05, 0.1) is 16.1 Å². The van der Waals surface area contributed by atoms with E-state index in [2.05, 4.69) is 4.98 Å². The number of nitrogens with zero attached hydrogens (tertiary/aromatic N) is 2. The molecule has 0 bridgehead atoms. The molecule has 2 rings (SSSR count). The minimum atomic E-state index is -0.615. The lowest BCUT2D eigenvalue weighted by molar-refractivity contribution is 0.175. The molecular weight excluding hydrogens is 252 g/mol. The van der Waals surface area contributed by atoms with Gasteiger partial charge in [-0.1, -0.05) is 17.7 Å². The molecule has 0 fully saturated rings. The van der Waals surface area contributed by atoms with Gasteiger partial charge in [-0.25, -0.2) is 4.98 Å². The zero-order valence-corrected chi connectivity index (χ0v) is 11.3. The van der Waals surface area contributed by atoms with Gasteiger partial charge in [-0.2, -0.15) is 0 Å². The molecule has 0 radical (unpaired) electrons. The highest BCUT2D eigenvalue weighted by Gasteiger charge is 2.16. The first-order valence-electron chi connectivity index (χ1n) is 5.96. The normalized spacial score (nSPS) is 13.1. The maximum Gasteiger partial charge on any atom is 0.138 e. The highest BCUT2D eigenvalue weighted by molar-refractivity contribution is 6.35. The van der Waals surface area contributed by atoms with Gasteiger partial charge in [-0.3, -0.25) is 0 Å². The zero-order valence-electron chi connectivity index (χ0n) is 10.6. The average Bonchev–Trinajstić information content (AvgIpc) is 2.70. The lowest BCUT2D eigenvalue weighted by Crippen LogP contribution is -2.08. The number of rotatable bonds is 5. The van der Waals surface area contributed by atoms with Crippen molar-refractivity contribution >= 4 is 22.6 Å². The quantitative estimate of drug-likeness (QED) is 0.849. The molecule has 0 aliphatic heterocycles. The third kappa shape index (κ3) is 2.51. The lowest BCUT2D eigenvalue weighted by Gasteiger charge is -2.11. The monoisotopic (exact) mass is 268 g/mol. The molecule has 18 heavy (non-hydrogen) atoms. The van der Waals surface area contributed by atoms with Crippen LogP contribution in [0.3, 0.4) is 0 Å². The summed E-state index contributed by atoms with van der Waals surface area (Å²) in [5.41, 5.74) is 1.70. The molecule has 0 saturated heterocycles. The largest absolute Gasteiger partial charge is 0.385 e. The summed E-state index contributed by atoms with van der Waals surface area (Å²) in [6.45, 7) is 3.11. The molecule has 0 spiro atoms. The summed E-state index contributed by atoms with van der Waals surface area (Å²) < 4.78 is 7.03. The second-order valence-corrected chi connectivity index (χ2v) is 4.66. The van der Waals surface area contributed by atoms with Crippen LogP contribution in [0.5, 0.6) is 0 Å². The van der Waals surface area contributed by atoms with Gasteiger partial charge in [0.2, 0.25) is 0 Å². The summed E-state index contributed by atoms with van der Waals surface area (Å²) in [5.74, 6) is 0.647. The lowest BCUT2D eigenvalue weighted by atomic mass is 10.3. The van der Waals surface area contributed by atoms with Crippen molar-refractivity contribution < 1.29 is 9.84 Å². The van der Waals surface area contributed by atoms with Gasteiger partial charge >= 0.3 is 0 Å². The Hall–Kier alpha value is -1.10. The van der Waals surface area contributed by atoms with Crippen molar-refractivity contribution in [3.63, 3.8) is 0 Å². The molecule has 98 valence electrons. The van der Waals surface area contributed by atoms with Crippen LogP contribution in [0.25, 0.3) is 11.0 Å². The Labute approximate surface area is 111 Å². The van der Waals surface area contributed by atoms with Crippen LogP contribution in [0, 0.1) is 0 Å². The van der Waals surface area contributed by atoms with Crippen LogP contribution < -0.4 is 0 Å². The van der Waals surface area contributed by atoms with Crippen LogP contribution in [-0.2, 0) is 11.3 Å². The molecule has 1 heterocycles. The Bertz CT molecular complexity index is 537. The first-order valence-corrected chi connectivity index (χ1v) is 6.34. The minimum absolute atomic E-state index is 0.615. The molecule has 2 aromatic rings. The highest BCUT2D eigenvalue weighted by atomic mass is 35.5. The molecule has 5 heteroatoms. The first kappa shape index (κ1) is 13.3. The summed E-state index contributed by atoms with van der Waals surface area (Å²) >= 11 is 6.22. The van der Waals surface area contributed by atoms with E-state index in [1.54, 1.807) is 14.0 Å². The number of imidazole rings is 1. The van der Waals surface area contributed by atoms with Crippen molar-refractivity contribution in [1.29, 1.82) is 0 Å². The van der Waals surface area contributed by atoms with E-state index in [9.17, 15) is 5.11 Å². The van der Waals surface area contributed by atoms with E-state index in [0.29, 0.717) is 17.5 Å². The number of para-hydroxylation sites is 1. The summed E-state index contributed by atoms with van der Waals surface area (Å²) in [5, 5.41) is 10.5. The van der Waals surface area contributed by atoms with Gasteiger partial charge in [0.1, 0.15) is 11.9 Å². The maximum atomic E-state index is 9.80. The summed E-state index contributed by atoms with van der Waals surface area (Å²) in [6, 6.07) is 5.60. The maximum absolute atomic E-state index is 9.80. The second kappa shape index (κ2) is 5.69. The number of hydrogen-bond acceptors (Lipinski definition) is 3. The Kier molecular flexibility index (Phi) is 4.22. The van der Waals surface area contributed by atoms with Crippen molar-refractivity contribution in [1.82, 2.24) is 9.55 Å². The number of aliphatic hydroxyl groups is 1. The molecule has 4 nitrogen and oxygen atoms in total. The van der Waals surface area contributed by atoms with Crippen molar-refractivity contribution in [3.05, 3.63) is 29.0 Å². The molecule has 0 saturated carbocycles. The van der Waals surface area contributed by atoms with Crippen LogP contribution in [0.4, 0.5) is 0 Å². The zero-order chi connectivity index (χ0) is 13.1. The molecule has 0 amide bonds. The molecule has 0 unspecified atom stereocenters. The van der Waals surface area contributed by atoms with Crippen molar-refractivity contribution in [2.75, 3.05) is 13.7 Å². The molecule has 1 N–H and O–H groups in total. The van der Waals surface area contributed by atoms with Crippen LogP contribution in [0.2, 0.25) is 5.02 Å². The summed E-state index contributed by atoms with van der Waals surface area (Å²) in [7, 11) is 1.68. The van der Waals surface area contributed by atoms with Crippen molar-refractivity contribution in [2.45, 2.75) is 26.0 Å². The molecule has 1 aromatic heterocycles. The number of aryl methyl sites for hydroxylation is 1. The number of benzene rings is 1. The molecule has 0 aliphatic carbocycles.